The van der Waals surface area contributed by atoms with Crippen molar-refractivity contribution in [1.29, 1.82) is 0 Å². The Kier molecular flexibility index (Phi) is 3.14. The van der Waals surface area contributed by atoms with Crippen LogP contribution in [-0.4, -0.2) is 20.7 Å². The fourth-order valence-corrected chi connectivity index (χ4v) is 1.45. The molecule has 0 unspecified atom stereocenters. The lowest BCUT2D eigenvalue weighted by molar-refractivity contribution is 0.102. The largest absolute Gasteiger partial charge is 0.322 e. The maximum Gasteiger partial charge on any atom is 0.258 e. The van der Waals surface area contributed by atoms with Gasteiger partial charge in [-0.25, -0.2) is 0 Å². The molecule has 1 amide bonds. The molecule has 0 aromatic carbocycles. The van der Waals surface area contributed by atoms with E-state index in [2.05, 4.69) is 15.4 Å². The van der Waals surface area contributed by atoms with Gasteiger partial charge in [0.25, 0.3) is 5.91 Å². The SMILES string of the molecule is CC(C)(C)n1cc(C(=O)Nc2ccncc2)cn1. The number of hydrogen-bond acceptors (Lipinski definition) is 3. The van der Waals surface area contributed by atoms with Gasteiger partial charge in [-0.15, -0.1) is 0 Å². The van der Waals surface area contributed by atoms with Gasteiger partial charge in [0.15, 0.2) is 0 Å². The third-order valence-corrected chi connectivity index (χ3v) is 2.47. The Morgan fingerprint density at radius 3 is 2.50 bits per heavy atom. The first-order valence-corrected chi connectivity index (χ1v) is 5.73. The summed E-state index contributed by atoms with van der Waals surface area (Å²) in [5.74, 6) is -0.170. The Hall–Kier alpha value is -2.17. The molecule has 0 aliphatic rings. The quantitative estimate of drug-likeness (QED) is 0.881. The number of anilines is 1. The summed E-state index contributed by atoms with van der Waals surface area (Å²) in [5.41, 5.74) is 1.13. The molecule has 2 aromatic heterocycles. The summed E-state index contributed by atoms with van der Waals surface area (Å²) in [5, 5.41) is 6.98. The maximum atomic E-state index is 12.0. The molecule has 0 aliphatic heterocycles. The summed E-state index contributed by atoms with van der Waals surface area (Å²) in [6.45, 7) is 6.10. The number of aromatic nitrogens is 3. The van der Waals surface area contributed by atoms with Crippen molar-refractivity contribution in [1.82, 2.24) is 14.8 Å². The van der Waals surface area contributed by atoms with E-state index in [0.29, 0.717) is 5.56 Å². The fourth-order valence-electron chi connectivity index (χ4n) is 1.45. The van der Waals surface area contributed by atoms with Gasteiger partial charge in [-0.2, -0.15) is 5.10 Å². The molecular formula is C13H16N4O. The van der Waals surface area contributed by atoms with Crippen molar-refractivity contribution in [3.05, 3.63) is 42.5 Å². The van der Waals surface area contributed by atoms with Crippen LogP contribution in [0.25, 0.3) is 0 Å². The molecule has 0 saturated heterocycles. The van der Waals surface area contributed by atoms with E-state index in [1.165, 1.54) is 0 Å². The monoisotopic (exact) mass is 244 g/mol. The second-order valence-electron chi connectivity index (χ2n) is 5.03. The Morgan fingerprint density at radius 1 is 1.28 bits per heavy atom. The Labute approximate surface area is 106 Å². The highest BCUT2D eigenvalue weighted by Crippen LogP contribution is 2.14. The Bertz CT molecular complexity index is 540. The van der Waals surface area contributed by atoms with Crippen LogP contribution in [0.5, 0.6) is 0 Å². The van der Waals surface area contributed by atoms with E-state index in [1.807, 2.05) is 20.8 Å². The van der Waals surface area contributed by atoms with E-state index in [1.54, 1.807) is 41.6 Å². The summed E-state index contributed by atoms with van der Waals surface area (Å²) in [7, 11) is 0. The van der Waals surface area contributed by atoms with Crippen LogP contribution in [0.2, 0.25) is 0 Å². The molecule has 18 heavy (non-hydrogen) atoms. The molecule has 0 fully saturated rings. The minimum atomic E-state index is -0.170. The first kappa shape index (κ1) is 12.3. The van der Waals surface area contributed by atoms with Crippen molar-refractivity contribution in [2.24, 2.45) is 0 Å². The van der Waals surface area contributed by atoms with Gasteiger partial charge in [-0.05, 0) is 32.9 Å². The average molecular weight is 244 g/mol. The minimum Gasteiger partial charge on any atom is -0.322 e. The molecule has 0 radical (unpaired) electrons. The van der Waals surface area contributed by atoms with E-state index in [9.17, 15) is 4.79 Å². The van der Waals surface area contributed by atoms with Crippen molar-refractivity contribution >= 4 is 11.6 Å². The number of pyridine rings is 1. The molecule has 0 spiro atoms. The number of nitrogens with zero attached hydrogens (tertiary/aromatic N) is 3. The molecule has 94 valence electrons. The average Bonchev–Trinajstić information content (AvgIpc) is 2.79. The number of carbonyl (C=O) groups excluding carboxylic acids is 1. The lowest BCUT2D eigenvalue weighted by Crippen LogP contribution is -2.22. The van der Waals surface area contributed by atoms with Crippen LogP contribution < -0.4 is 5.32 Å². The van der Waals surface area contributed by atoms with Crippen LogP contribution in [0.3, 0.4) is 0 Å². The van der Waals surface area contributed by atoms with Gasteiger partial charge in [-0.1, -0.05) is 0 Å². The fraction of sp³-hybridized carbons (Fsp3) is 0.308. The predicted octanol–water partition coefficient (Wildman–Crippen LogP) is 2.29. The van der Waals surface area contributed by atoms with Crippen LogP contribution in [0.15, 0.2) is 36.9 Å². The first-order valence-electron chi connectivity index (χ1n) is 5.73. The molecule has 5 nitrogen and oxygen atoms in total. The third-order valence-electron chi connectivity index (χ3n) is 2.47. The standard InChI is InChI=1S/C13H16N4O/c1-13(2,3)17-9-10(8-15-17)12(18)16-11-4-6-14-7-5-11/h4-9H,1-3H3,(H,14,16,18). The summed E-state index contributed by atoms with van der Waals surface area (Å²) >= 11 is 0. The number of rotatable bonds is 2. The summed E-state index contributed by atoms with van der Waals surface area (Å²) < 4.78 is 1.77. The maximum absolute atomic E-state index is 12.0. The van der Waals surface area contributed by atoms with Crippen LogP contribution >= 0.6 is 0 Å². The normalized spacial score (nSPS) is 11.3. The molecule has 1 N–H and O–H groups in total. The van der Waals surface area contributed by atoms with Crippen molar-refractivity contribution in [2.45, 2.75) is 26.3 Å². The van der Waals surface area contributed by atoms with Crippen LogP contribution in [0.1, 0.15) is 31.1 Å². The van der Waals surface area contributed by atoms with Gasteiger partial charge in [-0.3, -0.25) is 14.5 Å². The van der Waals surface area contributed by atoms with E-state index in [0.717, 1.165) is 5.69 Å². The third kappa shape index (κ3) is 2.74. The van der Waals surface area contributed by atoms with Crippen molar-refractivity contribution in [2.75, 3.05) is 5.32 Å². The first-order chi connectivity index (χ1) is 8.47. The summed E-state index contributed by atoms with van der Waals surface area (Å²) in [6, 6.07) is 3.48. The predicted molar refractivity (Wildman–Crippen MR) is 69.4 cm³/mol. The van der Waals surface area contributed by atoms with Crippen LogP contribution in [0.4, 0.5) is 5.69 Å². The summed E-state index contributed by atoms with van der Waals surface area (Å²) in [6.07, 6.45) is 6.58. The highest BCUT2D eigenvalue weighted by molar-refractivity contribution is 6.03. The molecular weight excluding hydrogens is 228 g/mol. The Balaban J connectivity index is 2.13. The number of carbonyl (C=O) groups is 1. The molecule has 2 rings (SSSR count). The minimum absolute atomic E-state index is 0.130. The van der Waals surface area contributed by atoms with Gasteiger partial charge in [0.1, 0.15) is 0 Å². The lowest BCUT2D eigenvalue weighted by atomic mass is 10.1. The zero-order valence-corrected chi connectivity index (χ0v) is 10.7. The highest BCUT2D eigenvalue weighted by atomic mass is 16.1. The molecule has 0 atom stereocenters. The van der Waals surface area contributed by atoms with Crippen molar-refractivity contribution < 1.29 is 4.79 Å². The van der Waals surface area contributed by atoms with Gasteiger partial charge in [0.2, 0.25) is 0 Å². The molecule has 2 aromatic rings. The van der Waals surface area contributed by atoms with Crippen LogP contribution in [-0.2, 0) is 5.54 Å². The van der Waals surface area contributed by atoms with E-state index in [-0.39, 0.29) is 11.4 Å². The van der Waals surface area contributed by atoms with Gasteiger partial charge in [0, 0.05) is 24.3 Å². The number of nitrogens with one attached hydrogen (secondary N) is 1. The molecule has 0 aliphatic carbocycles. The lowest BCUT2D eigenvalue weighted by Gasteiger charge is -2.18. The van der Waals surface area contributed by atoms with Crippen molar-refractivity contribution in [3.8, 4) is 0 Å². The number of amides is 1. The smallest absolute Gasteiger partial charge is 0.258 e. The molecule has 0 bridgehead atoms. The Morgan fingerprint density at radius 2 is 1.94 bits per heavy atom. The van der Waals surface area contributed by atoms with E-state index in [4.69, 9.17) is 0 Å². The van der Waals surface area contributed by atoms with Gasteiger partial charge in [0.05, 0.1) is 17.3 Å². The number of hydrogen-bond donors (Lipinski definition) is 1. The molecule has 0 saturated carbocycles. The van der Waals surface area contributed by atoms with Gasteiger partial charge < -0.3 is 5.32 Å². The van der Waals surface area contributed by atoms with Gasteiger partial charge >= 0.3 is 0 Å². The second-order valence-corrected chi connectivity index (χ2v) is 5.03. The zero-order chi connectivity index (χ0) is 13.2. The topological polar surface area (TPSA) is 59.8 Å². The van der Waals surface area contributed by atoms with E-state index < -0.39 is 0 Å². The molecule has 2 heterocycles. The van der Waals surface area contributed by atoms with E-state index >= 15 is 0 Å². The van der Waals surface area contributed by atoms with Crippen LogP contribution in [0, 0.1) is 0 Å². The zero-order valence-electron chi connectivity index (χ0n) is 10.7. The highest BCUT2D eigenvalue weighted by Gasteiger charge is 2.16. The molecule has 5 heteroatoms. The second kappa shape index (κ2) is 4.60. The van der Waals surface area contributed by atoms with Crippen molar-refractivity contribution in [3.63, 3.8) is 0 Å². The summed E-state index contributed by atoms with van der Waals surface area (Å²) in [4.78, 5) is 15.9.